The minimum atomic E-state index is -0.0294. The molecule has 0 fully saturated rings. The van der Waals surface area contributed by atoms with E-state index in [1.807, 2.05) is 31.1 Å². The Kier molecular flexibility index (Phi) is 5.00. The fourth-order valence-electron chi connectivity index (χ4n) is 1.98. The highest BCUT2D eigenvalue weighted by atomic mass is 79.9. The van der Waals surface area contributed by atoms with Gasteiger partial charge in [0.2, 0.25) is 0 Å². The third-order valence-electron chi connectivity index (χ3n) is 3.11. The maximum absolute atomic E-state index is 12.1. The Morgan fingerprint density at radius 2 is 2.35 bits per heavy atom. The summed E-state index contributed by atoms with van der Waals surface area (Å²) in [6.07, 6.45) is 4.76. The molecule has 5 nitrogen and oxygen atoms in total. The van der Waals surface area contributed by atoms with E-state index in [-0.39, 0.29) is 6.03 Å². The molecule has 0 saturated carbocycles. The lowest BCUT2D eigenvalue weighted by molar-refractivity contribution is 0.201. The molecule has 108 valence electrons. The summed E-state index contributed by atoms with van der Waals surface area (Å²) >= 11 is 3.44. The topological polar surface area (TPSA) is 48.5 Å². The van der Waals surface area contributed by atoms with E-state index >= 15 is 0 Å². The summed E-state index contributed by atoms with van der Waals surface area (Å²) in [4.78, 5) is 20.1. The first-order chi connectivity index (χ1) is 9.56. The fourth-order valence-corrected chi connectivity index (χ4v) is 2.51. The van der Waals surface area contributed by atoms with E-state index in [4.69, 9.17) is 0 Å². The maximum atomic E-state index is 12.1. The number of carbonyl (C=O) groups excluding carboxylic acids is 1. The summed E-state index contributed by atoms with van der Waals surface area (Å²) in [5, 5.41) is 2.95. The van der Waals surface area contributed by atoms with E-state index in [1.54, 1.807) is 11.1 Å². The van der Waals surface area contributed by atoms with Gasteiger partial charge in [0, 0.05) is 37.9 Å². The molecule has 0 radical (unpaired) electrons. The number of aromatic nitrogens is 1. The number of halogens is 1. The molecule has 0 aromatic carbocycles. The van der Waals surface area contributed by atoms with Crippen molar-refractivity contribution >= 4 is 27.8 Å². The molecule has 0 unspecified atom stereocenters. The van der Waals surface area contributed by atoms with Gasteiger partial charge in [-0.3, -0.25) is 0 Å². The quantitative estimate of drug-likeness (QED) is 0.920. The minimum Gasteiger partial charge on any atom is -0.363 e. The molecule has 1 aliphatic rings. The van der Waals surface area contributed by atoms with E-state index < -0.39 is 0 Å². The number of nitrogens with one attached hydrogen (secondary N) is 1. The van der Waals surface area contributed by atoms with Gasteiger partial charge in [-0.1, -0.05) is 22.0 Å². The van der Waals surface area contributed by atoms with E-state index in [2.05, 4.69) is 32.3 Å². The molecule has 6 heteroatoms. The van der Waals surface area contributed by atoms with Crippen LogP contribution >= 0.6 is 15.9 Å². The SMILES string of the molecule is CN(C)c1cc(CNC(=O)N2CCC=C(Br)C2)ccn1. The van der Waals surface area contributed by atoms with E-state index in [1.165, 1.54) is 0 Å². The number of hydrogen-bond donors (Lipinski definition) is 1. The van der Waals surface area contributed by atoms with Crippen molar-refractivity contribution in [3.8, 4) is 0 Å². The highest BCUT2D eigenvalue weighted by molar-refractivity contribution is 9.11. The molecule has 0 bridgehead atoms. The Morgan fingerprint density at radius 1 is 1.55 bits per heavy atom. The molecular formula is C14H19BrN4O. The van der Waals surface area contributed by atoms with Crippen LogP contribution in [0.25, 0.3) is 0 Å². The van der Waals surface area contributed by atoms with Crippen molar-refractivity contribution < 1.29 is 4.79 Å². The fraction of sp³-hybridized carbons (Fsp3) is 0.429. The largest absolute Gasteiger partial charge is 0.363 e. The summed E-state index contributed by atoms with van der Waals surface area (Å²) in [5.41, 5.74) is 1.05. The van der Waals surface area contributed by atoms with Crippen LogP contribution in [0.3, 0.4) is 0 Å². The zero-order valence-electron chi connectivity index (χ0n) is 11.8. The van der Waals surface area contributed by atoms with Gasteiger partial charge in [-0.25, -0.2) is 9.78 Å². The first-order valence-corrected chi connectivity index (χ1v) is 7.35. The van der Waals surface area contributed by atoms with Gasteiger partial charge in [-0.05, 0) is 24.1 Å². The smallest absolute Gasteiger partial charge is 0.317 e. The zero-order valence-corrected chi connectivity index (χ0v) is 13.4. The Balaban J connectivity index is 1.90. The highest BCUT2D eigenvalue weighted by Crippen LogP contribution is 2.15. The Labute approximate surface area is 127 Å². The Bertz CT molecular complexity index is 516. The van der Waals surface area contributed by atoms with Crippen molar-refractivity contribution in [1.29, 1.82) is 0 Å². The second-order valence-corrected chi connectivity index (χ2v) is 5.96. The summed E-state index contributed by atoms with van der Waals surface area (Å²) in [5.74, 6) is 0.889. The molecule has 1 N–H and O–H groups in total. The number of anilines is 1. The van der Waals surface area contributed by atoms with E-state index in [9.17, 15) is 4.79 Å². The highest BCUT2D eigenvalue weighted by Gasteiger charge is 2.16. The lowest BCUT2D eigenvalue weighted by atomic mass is 10.2. The maximum Gasteiger partial charge on any atom is 0.317 e. The third kappa shape index (κ3) is 3.96. The van der Waals surface area contributed by atoms with Crippen molar-refractivity contribution in [1.82, 2.24) is 15.2 Å². The van der Waals surface area contributed by atoms with Crippen molar-refractivity contribution in [2.75, 3.05) is 32.1 Å². The molecule has 2 heterocycles. The second kappa shape index (κ2) is 6.74. The number of urea groups is 1. The number of hydrogen-bond acceptors (Lipinski definition) is 3. The first-order valence-electron chi connectivity index (χ1n) is 6.56. The number of carbonyl (C=O) groups is 1. The molecule has 2 amide bonds. The monoisotopic (exact) mass is 338 g/mol. The third-order valence-corrected chi connectivity index (χ3v) is 3.68. The average Bonchev–Trinajstić information content (AvgIpc) is 2.45. The molecule has 1 aromatic rings. The second-order valence-electron chi connectivity index (χ2n) is 4.94. The molecule has 0 saturated heterocycles. The van der Waals surface area contributed by atoms with E-state index in [0.717, 1.165) is 28.8 Å². The Morgan fingerprint density at radius 3 is 3.05 bits per heavy atom. The summed E-state index contributed by atoms with van der Waals surface area (Å²) in [6.45, 7) is 1.92. The summed E-state index contributed by atoms with van der Waals surface area (Å²) in [7, 11) is 3.89. The standard InChI is InChI=1S/C14H19BrN4O/c1-18(2)13-8-11(5-6-16-13)9-17-14(20)19-7-3-4-12(15)10-19/h4-6,8H,3,7,9-10H2,1-2H3,(H,17,20). The lowest BCUT2D eigenvalue weighted by Crippen LogP contribution is -2.42. The van der Waals surface area contributed by atoms with Gasteiger partial charge in [0.15, 0.2) is 0 Å². The lowest BCUT2D eigenvalue weighted by Gasteiger charge is -2.25. The number of pyridine rings is 1. The molecule has 0 spiro atoms. The van der Waals surface area contributed by atoms with Gasteiger partial charge in [-0.15, -0.1) is 0 Å². The minimum absolute atomic E-state index is 0.0294. The number of rotatable bonds is 3. The predicted molar refractivity (Wildman–Crippen MR) is 84.0 cm³/mol. The van der Waals surface area contributed by atoms with Gasteiger partial charge in [0.25, 0.3) is 0 Å². The van der Waals surface area contributed by atoms with Crippen molar-refractivity contribution in [2.45, 2.75) is 13.0 Å². The van der Waals surface area contributed by atoms with Crippen molar-refractivity contribution in [3.05, 3.63) is 34.5 Å². The molecule has 1 aliphatic heterocycles. The van der Waals surface area contributed by atoms with Crippen LogP contribution in [-0.2, 0) is 6.54 Å². The number of nitrogens with zero attached hydrogens (tertiary/aromatic N) is 3. The summed E-state index contributed by atoms with van der Waals surface area (Å²) < 4.78 is 1.07. The van der Waals surface area contributed by atoms with Crippen LogP contribution in [-0.4, -0.2) is 43.1 Å². The van der Waals surface area contributed by atoms with Crippen LogP contribution in [0, 0.1) is 0 Å². The van der Waals surface area contributed by atoms with Crippen molar-refractivity contribution in [3.63, 3.8) is 0 Å². The van der Waals surface area contributed by atoms with Crippen LogP contribution < -0.4 is 10.2 Å². The molecule has 0 aliphatic carbocycles. The molecule has 0 atom stereocenters. The van der Waals surface area contributed by atoms with Gasteiger partial charge in [-0.2, -0.15) is 0 Å². The molecule has 2 rings (SSSR count). The van der Waals surface area contributed by atoms with Crippen LogP contribution in [0.15, 0.2) is 28.9 Å². The molecule has 20 heavy (non-hydrogen) atoms. The van der Waals surface area contributed by atoms with Crippen LogP contribution in [0.2, 0.25) is 0 Å². The normalized spacial score (nSPS) is 14.8. The van der Waals surface area contributed by atoms with Crippen molar-refractivity contribution in [2.24, 2.45) is 0 Å². The Hall–Kier alpha value is -1.56. The van der Waals surface area contributed by atoms with Gasteiger partial charge < -0.3 is 15.1 Å². The summed E-state index contributed by atoms with van der Waals surface area (Å²) in [6, 6.07) is 3.87. The van der Waals surface area contributed by atoms with Crippen LogP contribution in [0.1, 0.15) is 12.0 Å². The molecule has 1 aromatic heterocycles. The zero-order chi connectivity index (χ0) is 14.5. The van der Waals surface area contributed by atoms with Crippen LogP contribution in [0.5, 0.6) is 0 Å². The van der Waals surface area contributed by atoms with Gasteiger partial charge >= 0.3 is 6.03 Å². The average molecular weight is 339 g/mol. The molecular weight excluding hydrogens is 320 g/mol. The van der Waals surface area contributed by atoms with Gasteiger partial charge in [0.05, 0.1) is 6.54 Å². The first kappa shape index (κ1) is 14.8. The number of amides is 2. The van der Waals surface area contributed by atoms with Gasteiger partial charge in [0.1, 0.15) is 5.82 Å². The predicted octanol–water partition coefficient (Wildman–Crippen LogP) is 2.34. The van der Waals surface area contributed by atoms with Crippen LogP contribution in [0.4, 0.5) is 10.6 Å². The van der Waals surface area contributed by atoms with E-state index in [0.29, 0.717) is 13.1 Å².